The molecule has 1 fully saturated rings. The molecule has 9 nitrogen and oxygen atoms in total. The van der Waals surface area contributed by atoms with Crippen LogP contribution in [-0.2, 0) is 4.79 Å². The summed E-state index contributed by atoms with van der Waals surface area (Å²) in [6.45, 7) is 13.4. The lowest BCUT2D eigenvalue weighted by molar-refractivity contribution is -0.134. The molecule has 0 saturated carbocycles. The number of rotatable bonds is 10. The Kier molecular flexibility index (Phi) is 11.1. The molecule has 1 saturated heterocycles. The molecule has 0 aromatic heterocycles. The van der Waals surface area contributed by atoms with Gasteiger partial charge in [-0.05, 0) is 63.3 Å². The summed E-state index contributed by atoms with van der Waals surface area (Å²) in [6, 6.07) is 8.73. The maximum absolute atomic E-state index is 13.0. The molecular weight excluding hydrogens is 540 g/mol. The van der Waals surface area contributed by atoms with Crippen LogP contribution in [-0.4, -0.2) is 67.8 Å². The van der Waals surface area contributed by atoms with Gasteiger partial charge in [-0.15, -0.1) is 0 Å². The van der Waals surface area contributed by atoms with E-state index in [1.807, 2.05) is 51.7 Å². The second-order valence-electron chi connectivity index (χ2n) is 9.14. The molecule has 1 aliphatic rings. The van der Waals surface area contributed by atoms with Gasteiger partial charge in [-0.2, -0.15) is 0 Å². The fraction of sp³-hybridized carbons (Fsp3) is 0.464. The quantitative estimate of drug-likeness (QED) is 0.383. The third-order valence-electron chi connectivity index (χ3n) is 6.03. The first kappa shape index (κ1) is 30.3. The zero-order valence-corrected chi connectivity index (χ0v) is 24.7. The van der Waals surface area contributed by atoms with Crippen molar-refractivity contribution in [2.75, 3.05) is 56.2 Å². The summed E-state index contributed by atoms with van der Waals surface area (Å²) in [7, 11) is 0. The Morgan fingerprint density at radius 2 is 1.54 bits per heavy atom. The van der Waals surface area contributed by atoms with E-state index in [1.165, 1.54) is 0 Å². The number of benzene rings is 2. The lowest BCUT2D eigenvalue weighted by atomic mass is 10.1. The van der Waals surface area contributed by atoms with Gasteiger partial charge in [0.15, 0.2) is 16.6 Å². The molecule has 1 heterocycles. The number of amides is 2. The minimum atomic E-state index is -0.422. The van der Waals surface area contributed by atoms with Crippen LogP contribution in [0, 0.1) is 5.92 Å². The van der Waals surface area contributed by atoms with Crippen molar-refractivity contribution < 1.29 is 23.8 Å². The van der Waals surface area contributed by atoms with E-state index < -0.39 is 5.91 Å². The molecule has 39 heavy (non-hydrogen) atoms. The number of nitrogens with one attached hydrogen (secondary N) is 2. The molecule has 0 atom stereocenters. The monoisotopic (exact) mass is 576 g/mol. The standard InChI is InChI=1S/C28H37ClN4O5S/c1-6-36-23-15-19(16-24(37-7-2)25(23)38-8-3)26(34)31-28(39)30-20-9-10-22(21(29)17-20)32-11-13-33(14-12-32)27(35)18(4)5/h9-10,15-18H,6-8,11-14H2,1-5H3,(H2,30,31,34,39). The van der Waals surface area contributed by atoms with Crippen molar-refractivity contribution in [3.63, 3.8) is 0 Å². The number of hydrogen-bond donors (Lipinski definition) is 2. The van der Waals surface area contributed by atoms with Crippen molar-refractivity contribution in [2.45, 2.75) is 34.6 Å². The van der Waals surface area contributed by atoms with E-state index in [-0.39, 0.29) is 16.9 Å². The maximum Gasteiger partial charge on any atom is 0.257 e. The maximum atomic E-state index is 13.0. The molecule has 212 valence electrons. The van der Waals surface area contributed by atoms with Crippen LogP contribution in [0.3, 0.4) is 0 Å². The topological polar surface area (TPSA) is 92.4 Å². The summed E-state index contributed by atoms with van der Waals surface area (Å²) in [5.41, 5.74) is 1.84. The van der Waals surface area contributed by atoms with Gasteiger partial charge in [0.05, 0.1) is 30.5 Å². The molecule has 0 bridgehead atoms. The Balaban J connectivity index is 1.65. The number of ether oxygens (including phenoxy) is 3. The predicted octanol–water partition coefficient (Wildman–Crippen LogP) is 4.97. The molecule has 0 aliphatic carbocycles. The first-order valence-corrected chi connectivity index (χ1v) is 14.0. The molecular formula is C28H37ClN4O5S. The number of carbonyl (C=O) groups is 2. The van der Waals surface area contributed by atoms with Gasteiger partial charge in [-0.3, -0.25) is 14.9 Å². The number of halogens is 1. The van der Waals surface area contributed by atoms with E-state index in [1.54, 1.807) is 18.2 Å². The van der Waals surface area contributed by atoms with Gasteiger partial charge in [0.1, 0.15) is 0 Å². The highest BCUT2D eigenvalue weighted by atomic mass is 35.5. The fourth-order valence-corrected chi connectivity index (χ4v) is 4.74. The summed E-state index contributed by atoms with van der Waals surface area (Å²) in [5.74, 6) is 1.04. The lowest BCUT2D eigenvalue weighted by Gasteiger charge is -2.37. The summed E-state index contributed by atoms with van der Waals surface area (Å²) in [5, 5.41) is 6.38. The van der Waals surface area contributed by atoms with Crippen LogP contribution < -0.4 is 29.7 Å². The lowest BCUT2D eigenvalue weighted by Crippen LogP contribution is -2.50. The van der Waals surface area contributed by atoms with Gasteiger partial charge in [-0.25, -0.2) is 0 Å². The third kappa shape index (κ3) is 7.89. The largest absolute Gasteiger partial charge is 0.490 e. The van der Waals surface area contributed by atoms with E-state index in [0.29, 0.717) is 79.5 Å². The normalized spacial score (nSPS) is 13.2. The van der Waals surface area contributed by atoms with Crippen molar-refractivity contribution in [1.82, 2.24) is 10.2 Å². The molecule has 0 unspecified atom stereocenters. The molecule has 2 aromatic rings. The average molecular weight is 577 g/mol. The van der Waals surface area contributed by atoms with Gasteiger partial charge >= 0.3 is 0 Å². The van der Waals surface area contributed by atoms with Crippen molar-refractivity contribution >= 4 is 52.1 Å². The Morgan fingerprint density at radius 3 is 2.05 bits per heavy atom. The van der Waals surface area contributed by atoms with Crippen LogP contribution >= 0.6 is 23.8 Å². The molecule has 0 spiro atoms. The Bertz CT molecular complexity index is 1160. The summed E-state index contributed by atoms with van der Waals surface area (Å²) in [4.78, 5) is 29.3. The third-order valence-corrected chi connectivity index (χ3v) is 6.54. The average Bonchev–Trinajstić information content (AvgIpc) is 2.90. The number of carbonyl (C=O) groups excluding carboxylic acids is 2. The van der Waals surface area contributed by atoms with E-state index in [2.05, 4.69) is 15.5 Å². The first-order chi connectivity index (χ1) is 18.7. The van der Waals surface area contributed by atoms with E-state index >= 15 is 0 Å². The molecule has 2 amide bonds. The van der Waals surface area contributed by atoms with E-state index in [4.69, 9.17) is 38.0 Å². The van der Waals surface area contributed by atoms with Gasteiger partial charge in [0.2, 0.25) is 11.7 Å². The van der Waals surface area contributed by atoms with Crippen LogP contribution in [0.5, 0.6) is 17.2 Å². The Hall–Kier alpha value is -3.24. The Labute approximate surface area is 240 Å². The number of piperazine rings is 1. The molecule has 2 N–H and O–H groups in total. The van der Waals surface area contributed by atoms with Crippen molar-refractivity contribution in [2.24, 2.45) is 5.92 Å². The van der Waals surface area contributed by atoms with Crippen LogP contribution in [0.15, 0.2) is 30.3 Å². The number of hydrogen-bond acceptors (Lipinski definition) is 7. The van der Waals surface area contributed by atoms with Crippen molar-refractivity contribution in [1.29, 1.82) is 0 Å². The molecule has 1 aliphatic heterocycles. The minimum Gasteiger partial charge on any atom is -0.490 e. The van der Waals surface area contributed by atoms with E-state index in [0.717, 1.165) is 5.69 Å². The van der Waals surface area contributed by atoms with Crippen molar-refractivity contribution in [3.8, 4) is 17.2 Å². The second-order valence-corrected chi connectivity index (χ2v) is 9.96. The molecule has 2 aromatic carbocycles. The highest BCUT2D eigenvalue weighted by Gasteiger charge is 2.24. The Morgan fingerprint density at radius 1 is 0.949 bits per heavy atom. The molecule has 11 heteroatoms. The predicted molar refractivity (Wildman–Crippen MR) is 159 cm³/mol. The zero-order chi connectivity index (χ0) is 28.5. The van der Waals surface area contributed by atoms with Gasteiger partial charge in [-0.1, -0.05) is 25.4 Å². The highest BCUT2D eigenvalue weighted by Crippen LogP contribution is 2.39. The molecule has 3 rings (SSSR count). The highest BCUT2D eigenvalue weighted by molar-refractivity contribution is 7.80. The first-order valence-electron chi connectivity index (χ1n) is 13.2. The van der Waals surface area contributed by atoms with Gasteiger partial charge in [0, 0.05) is 43.3 Å². The zero-order valence-electron chi connectivity index (χ0n) is 23.1. The van der Waals surface area contributed by atoms with Crippen LogP contribution in [0.1, 0.15) is 45.0 Å². The van der Waals surface area contributed by atoms with Crippen LogP contribution in [0.4, 0.5) is 11.4 Å². The smallest absolute Gasteiger partial charge is 0.257 e. The molecule has 0 radical (unpaired) electrons. The summed E-state index contributed by atoms with van der Waals surface area (Å²) >= 11 is 12.0. The number of nitrogens with zero attached hydrogens (tertiary/aromatic N) is 2. The SMILES string of the molecule is CCOc1cc(C(=O)NC(=S)Nc2ccc(N3CCN(C(=O)C(C)C)CC3)c(Cl)c2)cc(OCC)c1OCC. The number of anilines is 2. The fourth-order valence-electron chi connectivity index (χ4n) is 4.23. The van der Waals surface area contributed by atoms with E-state index in [9.17, 15) is 9.59 Å². The van der Waals surface area contributed by atoms with Gasteiger partial charge < -0.3 is 29.3 Å². The van der Waals surface area contributed by atoms with Gasteiger partial charge in [0.25, 0.3) is 5.91 Å². The van der Waals surface area contributed by atoms with Crippen LogP contribution in [0.2, 0.25) is 5.02 Å². The summed E-state index contributed by atoms with van der Waals surface area (Å²) in [6.07, 6.45) is 0. The second kappa shape index (κ2) is 14.2. The summed E-state index contributed by atoms with van der Waals surface area (Å²) < 4.78 is 17.1. The number of thiocarbonyl (C=S) groups is 1. The minimum absolute atomic E-state index is 0.0114. The van der Waals surface area contributed by atoms with Crippen molar-refractivity contribution in [3.05, 3.63) is 40.9 Å². The van der Waals surface area contributed by atoms with Crippen LogP contribution in [0.25, 0.3) is 0 Å².